The van der Waals surface area contributed by atoms with Crippen molar-refractivity contribution >= 4 is 23.6 Å². The summed E-state index contributed by atoms with van der Waals surface area (Å²) in [7, 11) is 0. The number of ether oxygens (including phenoxy) is 21. The van der Waals surface area contributed by atoms with Crippen LogP contribution in [0.15, 0.2) is 0 Å². The smallest absolute Gasteiger partial charge is 0.217 e. The fourth-order valence-electron chi connectivity index (χ4n) is 17.2. The number of rotatable bonds is 33. The summed E-state index contributed by atoms with van der Waals surface area (Å²) < 4.78 is 126. The molecule has 0 spiro atoms. The average Bonchev–Trinajstić information content (AvgIpc) is 0.762. The molecule has 11 heterocycles. The summed E-state index contributed by atoms with van der Waals surface area (Å²) in [6.45, 7) is -4.02. The lowest BCUT2D eigenvalue weighted by Crippen LogP contribution is -2.71. The van der Waals surface area contributed by atoms with Gasteiger partial charge in [0.05, 0.1) is 71.7 Å². The standard InChI is InChI=1S/C74H124N4O54/c1-16-35(90)45(100)51(106)68(114-16)112-15-30-59(60(34(64(111)116-30)78-21(6)89)129-69-52(107)46(101)36(91)17(2)115-69)128-65-31(75-18(3)86)42(97)58(28(13-85)121-65)127-72-55(110)61(130-74-63(50(105)40(95)25(10-82)120-74)132-67-33(77-20(5)88)44(99)57(27(12-84)123-67)126-71-54(109)48(103)38(93)23(8-80)118-71)41(96)29(124-72)14-113-73-62(49(104)39(94)24(9-81)119-73)131-66-32(76-19(4)87)43(98)56(26(11-83)122-66)125-70-53(108)47(102)37(92)22(7-79)117-70/h16-17,22-74,79-85,90-111H,7-15H2,1-6H3,(H,75,86)(H,76,87)(H,77,88)(H,78,89)/t16-,17-,22+,23+,24+,25+,26+,27+,28+,29+,30+,31+,32+,33+,34+,35+,36+,37-,38-,39+,40+,41+,42+,43+,44+,45+,46+,47-,48-,49-,50-,51-,52-,53+,54+,55-,56+,57+,58+,59+,60+,61-,62-,63-,64+,65-,66-,67-,68+,69-,70-,71-,72-,73+,74-/m0/s1. The Morgan fingerprint density at radius 3 is 0.864 bits per heavy atom. The molecule has 0 unspecified atom stereocenters. The molecule has 0 aliphatic carbocycles. The van der Waals surface area contributed by atoms with Crippen molar-refractivity contribution in [1.82, 2.24) is 21.3 Å². The Morgan fingerprint density at radius 2 is 0.477 bits per heavy atom. The molecule has 764 valence electrons. The molecule has 11 fully saturated rings. The molecule has 0 aromatic carbocycles. The van der Waals surface area contributed by atoms with Crippen molar-refractivity contribution in [3.05, 3.63) is 0 Å². The maximum atomic E-state index is 13.6. The zero-order valence-corrected chi connectivity index (χ0v) is 71.3. The van der Waals surface area contributed by atoms with Crippen LogP contribution in [0.4, 0.5) is 0 Å². The van der Waals surface area contributed by atoms with Gasteiger partial charge in [-0.3, -0.25) is 19.2 Å². The van der Waals surface area contributed by atoms with Crippen molar-refractivity contribution in [2.24, 2.45) is 0 Å². The van der Waals surface area contributed by atoms with Gasteiger partial charge in [0.25, 0.3) is 0 Å². The average molecular weight is 1930 g/mol. The van der Waals surface area contributed by atoms with Gasteiger partial charge in [-0.15, -0.1) is 0 Å². The molecule has 0 bridgehead atoms. The highest BCUT2D eigenvalue weighted by Gasteiger charge is 2.63. The van der Waals surface area contributed by atoms with Gasteiger partial charge in [0.2, 0.25) is 23.6 Å². The number of aliphatic hydroxyl groups excluding tert-OH is 29. The maximum absolute atomic E-state index is 13.6. The molecule has 33 N–H and O–H groups in total. The zero-order valence-electron chi connectivity index (χ0n) is 71.3. The molecule has 11 aliphatic rings. The lowest BCUT2D eigenvalue weighted by molar-refractivity contribution is -0.400. The minimum atomic E-state index is -2.68. The molecule has 0 aromatic rings. The van der Waals surface area contributed by atoms with Gasteiger partial charge in [-0.05, 0) is 13.8 Å². The van der Waals surface area contributed by atoms with E-state index in [0.717, 1.165) is 27.7 Å². The van der Waals surface area contributed by atoms with Gasteiger partial charge in [-0.2, -0.15) is 0 Å². The van der Waals surface area contributed by atoms with E-state index in [0.29, 0.717) is 0 Å². The first-order valence-corrected chi connectivity index (χ1v) is 42.4. The van der Waals surface area contributed by atoms with Gasteiger partial charge >= 0.3 is 0 Å². The van der Waals surface area contributed by atoms with Crippen molar-refractivity contribution in [1.29, 1.82) is 0 Å². The van der Waals surface area contributed by atoms with E-state index in [4.69, 9.17) is 99.5 Å². The maximum Gasteiger partial charge on any atom is 0.217 e. The van der Waals surface area contributed by atoms with Crippen molar-refractivity contribution in [3.8, 4) is 0 Å². The first-order chi connectivity index (χ1) is 62.4. The Hall–Kier alpha value is -4.12. The molecule has 11 saturated heterocycles. The minimum absolute atomic E-state index is 0.891. The molecule has 0 radical (unpaired) electrons. The number of nitrogens with one attached hydrogen (secondary N) is 4. The lowest BCUT2D eigenvalue weighted by Gasteiger charge is -2.52. The van der Waals surface area contributed by atoms with Crippen molar-refractivity contribution in [2.75, 3.05) is 59.5 Å². The summed E-state index contributed by atoms with van der Waals surface area (Å²) in [6.07, 6.45) is -107. The second-order valence-corrected chi connectivity index (χ2v) is 33.8. The van der Waals surface area contributed by atoms with E-state index >= 15 is 0 Å². The molecule has 132 heavy (non-hydrogen) atoms. The van der Waals surface area contributed by atoms with E-state index in [-0.39, 0.29) is 0 Å². The quantitative estimate of drug-likeness (QED) is 0.0290. The van der Waals surface area contributed by atoms with Crippen molar-refractivity contribution in [2.45, 2.75) is 379 Å². The predicted molar refractivity (Wildman–Crippen MR) is 406 cm³/mol. The van der Waals surface area contributed by atoms with Crippen molar-refractivity contribution < 1.29 is 267 Å². The van der Waals surface area contributed by atoms with Gasteiger partial charge in [0.15, 0.2) is 69.2 Å². The molecular weight excluding hydrogens is 1810 g/mol. The molecule has 11 rings (SSSR count). The third kappa shape index (κ3) is 23.7. The van der Waals surface area contributed by atoms with Crippen LogP contribution in [0.3, 0.4) is 0 Å². The van der Waals surface area contributed by atoms with Gasteiger partial charge in [-0.25, -0.2) is 0 Å². The van der Waals surface area contributed by atoms with Crippen LogP contribution in [-0.2, 0) is 119 Å². The van der Waals surface area contributed by atoms with E-state index in [1.54, 1.807) is 0 Å². The lowest BCUT2D eigenvalue weighted by atomic mass is 9.93. The van der Waals surface area contributed by atoms with Crippen LogP contribution in [0.1, 0.15) is 41.5 Å². The number of hydrogen-bond acceptors (Lipinski definition) is 54. The first kappa shape index (κ1) is 108. The summed E-state index contributed by atoms with van der Waals surface area (Å²) >= 11 is 0. The molecule has 4 amide bonds. The van der Waals surface area contributed by atoms with Crippen LogP contribution in [-0.4, -0.2) is 569 Å². The van der Waals surface area contributed by atoms with E-state index < -0.39 is 421 Å². The number of aliphatic hydroxyl groups is 29. The third-order valence-electron chi connectivity index (χ3n) is 24.5. The van der Waals surface area contributed by atoms with Gasteiger partial charge in [0.1, 0.15) is 256 Å². The van der Waals surface area contributed by atoms with Crippen molar-refractivity contribution in [3.63, 3.8) is 0 Å². The fourth-order valence-corrected chi connectivity index (χ4v) is 17.2. The molecule has 55 atom stereocenters. The highest BCUT2D eigenvalue weighted by molar-refractivity contribution is 5.74. The number of carbonyl (C=O) groups excluding carboxylic acids is 4. The summed E-state index contributed by atoms with van der Waals surface area (Å²) in [5.74, 6) is -3.93. The number of carbonyl (C=O) groups is 4. The fraction of sp³-hybridized carbons (Fsp3) is 0.946. The zero-order chi connectivity index (χ0) is 97.1. The normalized spacial score (nSPS) is 50.4. The summed E-state index contributed by atoms with van der Waals surface area (Å²) in [4.78, 5) is 52.7. The van der Waals surface area contributed by atoms with Crippen LogP contribution < -0.4 is 21.3 Å². The summed E-state index contributed by atoms with van der Waals surface area (Å²) in [5.41, 5.74) is 0. The topological polar surface area (TPSA) is 897 Å². The second-order valence-electron chi connectivity index (χ2n) is 33.8. The highest BCUT2D eigenvalue weighted by atomic mass is 16.8. The molecule has 0 saturated carbocycles. The van der Waals surface area contributed by atoms with Gasteiger partial charge < -0.3 is 269 Å². The van der Waals surface area contributed by atoms with Crippen LogP contribution in [0.25, 0.3) is 0 Å². The Morgan fingerprint density at radius 1 is 0.212 bits per heavy atom. The molecule has 58 heteroatoms. The molecule has 0 aromatic heterocycles. The highest BCUT2D eigenvalue weighted by Crippen LogP contribution is 2.42. The van der Waals surface area contributed by atoms with Crippen LogP contribution in [0.5, 0.6) is 0 Å². The van der Waals surface area contributed by atoms with E-state index in [9.17, 15) is 167 Å². The third-order valence-corrected chi connectivity index (χ3v) is 24.5. The number of hydrogen-bond donors (Lipinski definition) is 33. The molecule has 11 aliphatic heterocycles. The summed E-state index contributed by atoms with van der Waals surface area (Å²) in [5, 5.41) is 335. The number of amides is 4. The molecule has 58 nitrogen and oxygen atoms in total. The monoisotopic (exact) mass is 1930 g/mol. The first-order valence-electron chi connectivity index (χ1n) is 42.4. The largest absolute Gasteiger partial charge is 0.394 e. The predicted octanol–water partition coefficient (Wildman–Crippen LogP) is -22.3. The van der Waals surface area contributed by atoms with E-state index in [2.05, 4.69) is 21.3 Å². The van der Waals surface area contributed by atoms with Gasteiger partial charge in [-0.1, -0.05) is 0 Å². The Balaban J connectivity index is 0.947. The second kappa shape index (κ2) is 47.0. The summed E-state index contributed by atoms with van der Waals surface area (Å²) in [6, 6.07) is -7.97. The Kier molecular flexibility index (Phi) is 38.5. The SMILES string of the molecule is CC(=O)N[C@@H]1[C@@H](O[C@@H]2O[C@@H](C)[C@@H](O)[C@@H](O)[C@@H]2O)[C@H](O[C@@H]2O[C@H](CO)[C@@H](O[C@@H]3O[C@H](CO[C@@H]4O[C@H](CO)[C@@H](O)[C@H](O)[C@@H]4O[C@@H]4O[C@H](CO)[C@@H](O[C@@H]5O[C@H](CO)[C@H](O)[C@H](O)[C@H]5O)[C@H](O)[C@H]4NC(C)=O)[C@@H](O)[C@H](O[C@@H]4O[C@H](CO)[C@@H](O)[C@H](O)[C@@H]4O[C@@H]4O[C@H](CO)[C@@H](O[C@@H]5O[C@H](CO)[C@H](O)[C@H](O)[C@H]5O)[C@H](O)[C@H]4NC(C)=O)[C@@H]3O)[C@H](O)[C@H]2NC(C)=O)[C@@H](CO[C@@H]2O[C@@H](C)[C@@H](O)[C@@H](O)[C@@H]2O)O[C@H]1O. The Labute approximate surface area is 748 Å². The van der Waals surface area contributed by atoms with E-state index in [1.807, 2.05) is 0 Å². The minimum Gasteiger partial charge on any atom is -0.394 e. The molecular formula is C74H124N4O54. The van der Waals surface area contributed by atoms with Crippen LogP contribution >= 0.6 is 0 Å². The van der Waals surface area contributed by atoms with Crippen LogP contribution in [0.2, 0.25) is 0 Å². The van der Waals surface area contributed by atoms with E-state index in [1.165, 1.54) is 13.8 Å². The van der Waals surface area contributed by atoms with Gasteiger partial charge in [0, 0.05) is 27.7 Å². The van der Waals surface area contributed by atoms with Crippen LogP contribution in [0, 0.1) is 0 Å². The Bertz CT molecular complexity index is 3610.